The molecule has 0 spiro atoms. The molecule has 0 bridgehead atoms. The van der Waals surface area contributed by atoms with Crippen molar-refractivity contribution in [1.82, 2.24) is 10.6 Å². The number of benzene rings is 1. The van der Waals surface area contributed by atoms with E-state index in [-0.39, 0.29) is 23.6 Å². The number of hydrogen-bond acceptors (Lipinski definition) is 5. The van der Waals surface area contributed by atoms with Crippen molar-refractivity contribution in [2.24, 2.45) is 11.8 Å². The number of carboxylic acids is 1. The summed E-state index contributed by atoms with van der Waals surface area (Å²) in [5.74, 6) is -1.78. The Bertz CT molecular complexity index is 687. The molecule has 0 saturated heterocycles. The van der Waals surface area contributed by atoms with Gasteiger partial charge in [0.15, 0.2) is 17.9 Å². The minimum absolute atomic E-state index is 0.0238. The Balaban J connectivity index is 1.85. The third-order valence-electron chi connectivity index (χ3n) is 5.80. The van der Waals surface area contributed by atoms with Crippen molar-refractivity contribution >= 4 is 12.3 Å². The number of rotatable bonds is 9. The number of aliphatic carboxylic acids is 1. The first-order chi connectivity index (χ1) is 13.2. The molecule has 1 aliphatic carbocycles. The first-order valence-corrected chi connectivity index (χ1v) is 9.92. The first-order valence-electron chi connectivity index (χ1n) is 9.92. The van der Waals surface area contributed by atoms with E-state index >= 15 is 0 Å². The number of carbonyl (C=O) groups excluding carboxylic acids is 1. The molecule has 6 nitrogen and oxygen atoms in total. The maximum atomic E-state index is 13.8. The molecule has 4 N–H and O–H groups in total. The van der Waals surface area contributed by atoms with Crippen LogP contribution in [0.2, 0.25) is 0 Å². The van der Waals surface area contributed by atoms with Gasteiger partial charge in [0.25, 0.3) is 0 Å². The number of phenols is 1. The summed E-state index contributed by atoms with van der Waals surface area (Å²) in [4.78, 5) is 22.5. The lowest BCUT2D eigenvalue weighted by molar-refractivity contribution is -0.141. The monoisotopic (exact) mass is 394 g/mol. The molecule has 1 fully saturated rings. The van der Waals surface area contributed by atoms with Crippen molar-refractivity contribution in [3.63, 3.8) is 0 Å². The Morgan fingerprint density at radius 2 is 1.89 bits per heavy atom. The van der Waals surface area contributed by atoms with Gasteiger partial charge in [-0.05, 0) is 56.1 Å². The molecule has 0 heterocycles. The lowest BCUT2D eigenvalue weighted by Gasteiger charge is -2.35. The summed E-state index contributed by atoms with van der Waals surface area (Å²) in [6, 6.07) is 2.66. The highest BCUT2D eigenvalue weighted by atomic mass is 19.1. The molecule has 1 aromatic rings. The van der Waals surface area contributed by atoms with Crippen molar-refractivity contribution in [3.8, 4) is 5.75 Å². The molecular weight excluding hydrogens is 363 g/mol. The normalized spacial score (nSPS) is 22.0. The molecule has 1 aliphatic rings. The van der Waals surface area contributed by atoms with Crippen molar-refractivity contribution in [2.75, 3.05) is 0 Å². The number of aldehydes is 1. The predicted octanol–water partition coefficient (Wildman–Crippen LogP) is 3.08. The number of nitrogens with one attached hydrogen (secondary N) is 2. The van der Waals surface area contributed by atoms with Crippen LogP contribution in [0.4, 0.5) is 4.39 Å². The Kier molecular flexibility index (Phi) is 7.95. The minimum Gasteiger partial charge on any atom is -0.505 e. The summed E-state index contributed by atoms with van der Waals surface area (Å²) in [6.45, 7) is 6.22. The maximum absolute atomic E-state index is 13.8. The SMILES string of the molecule is CC(C)[C@@H](N[C@@H](C)C1CCC(NCc2ccc(O)c(F)c2C=O)CC1)C(=O)O. The van der Waals surface area contributed by atoms with Crippen LogP contribution in [0.3, 0.4) is 0 Å². The van der Waals surface area contributed by atoms with Crippen LogP contribution in [-0.4, -0.2) is 40.6 Å². The molecule has 0 unspecified atom stereocenters. The molecule has 28 heavy (non-hydrogen) atoms. The molecule has 1 aromatic carbocycles. The van der Waals surface area contributed by atoms with E-state index < -0.39 is 23.6 Å². The zero-order valence-corrected chi connectivity index (χ0v) is 16.7. The molecule has 0 amide bonds. The fourth-order valence-corrected chi connectivity index (χ4v) is 3.95. The largest absolute Gasteiger partial charge is 0.505 e. The predicted molar refractivity (Wildman–Crippen MR) is 105 cm³/mol. The zero-order valence-electron chi connectivity index (χ0n) is 16.7. The van der Waals surface area contributed by atoms with E-state index in [9.17, 15) is 24.2 Å². The van der Waals surface area contributed by atoms with Gasteiger partial charge in [-0.25, -0.2) is 4.39 Å². The fraction of sp³-hybridized carbons (Fsp3) is 0.619. The molecule has 0 aliphatic heterocycles. The van der Waals surface area contributed by atoms with Crippen molar-refractivity contribution in [2.45, 2.75) is 71.1 Å². The summed E-state index contributed by atoms with van der Waals surface area (Å²) in [7, 11) is 0. The van der Waals surface area contributed by atoms with Gasteiger partial charge in [0.05, 0.1) is 5.56 Å². The molecule has 156 valence electrons. The van der Waals surface area contributed by atoms with Crippen LogP contribution in [-0.2, 0) is 11.3 Å². The Morgan fingerprint density at radius 1 is 1.25 bits per heavy atom. The number of carboxylic acid groups (broad SMARTS) is 1. The van der Waals surface area contributed by atoms with Crippen molar-refractivity contribution in [3.05, 3.63) is 29.1 Å². The summed E-state index contributed by atoms with van der Waals surface area (Å²) in [5, 5.41) is 25.4. The van der Waals surface area contributed by atoms with Crippen LogP contribution >= 0.6 is 0 Å². The quantitative estimate of drug-likeness (QED) is 0.481. The van der Waals surface area contributed by atoms with Crippen LogP contribution in [0.25, 0.3) is 0 Å². The summed E-state index contributed by atoms with van der Waals surface area (Å²) < 4.78 is 13.8. The fourth-order valence-electron chi connectivity index (χ4n) is 3.95. The number of halogens is 1. The summed E-state index contributed by atoms with van der Waals surface area (Å²) in [5.41, 5.74) is 0.427. The highest BCUT2D eigenvalue weighted by Crippen LogP contribution is 2.28. The Labute approximate surface area is 165 Å². The lowest BCUT2D eigenvalue weighted by atomic mass is 9.81. The second kappa shape index (κ2) is 9.98. The molecule has 7 heteroatoms. The highest BCUT2D eigenvalue weighted by molar-refractivity contribution is 5.78. The van der Waals surface area contributed by atoms with E-state index in [0.717, 1.165) is 25.7 Å². The standard InChI is InChI=1S/C21H31FN2O4/c1-12(2)20(21(27)28)24-13(3)14-4-7-16(8-5-14)23-10-15-6-9-18(26)19(22)17(15)11-25/h6,9,11-14,16,20,23-24,26H,4-5,7-8,10H2,1-3H3,(H,27,28)/t13-,14?,16?,20+/m0/s1. The molecule has 0 radical (unpaired) electrons. The first kappa shape index (κ1) is 22.3. The highest BCUT2D eigenvalue weighted by Gasteiger charge is 2.29. The van der Waals surface area contributed by atoms with Gasteiger partial charge in [-0.1, -0.05) is 19.9 Å². The van der Waals surface area contributed by atoms with Gasteiger partial charge in [0, 0.05) is 18.6 Å². The zero-order chi connectivity index (χ0) is 20.8. The van der Waals surface area contributed by atoms with Crippen molar-refractivity contribution in [1.29, 1.82) is 0 Å². The summed E-state index contributed by atoms with van der Waals surface area (Å²) in [6.07, 6.45) is 4.26. The van der Waals surface area contributed by atoms with Gasteiger partial charge in [-0.15, -0.1) is 0 Å². The van der Waals surface area contributed by atoms with Crippen LogP contribution in [0.1, 0.15) is 62.4 Å². The van der Waals surface area contributed by atoms with Crippen molar-refractivity contribution < 1.29 is 24.2 Å². The van der Waals surface area contributed by atoms with E-state index in [0.29, 0.717) is 24.3 Å². The van der Waals surface area contributed by atoms with Gasteiger partial charge in [-0.3, -0.25) is 9.59 Å². The topological polar surface area (TPSA) is 98.7 Å². The van der Waals surface area contributed by atoms with E-state index in [2.05, 4.69) is 10.6 Å². The molecule has 2 rings (SSSR count). The Morgan fingerprint density at radius 3 is 2.43 bits per heavy atom. The lowest BCUT2D eigenvalue weighted by Crippen LogP contribution is -2.49. The second-order valence-corrected chi connectivity index (χ2v) is 8.10. The number of hydrogen-bond donors (Lipinski definition) is 4. The molecule has 1 saturated carbocycles. The van der Waals surface area contributed by atoms with Gasteiger partial charge in [0.1, 0.15) is 6.04 Å². The average molecular weight is 394 g/mol. The van der Waals surface area contributed by atoms with Crippen LogP contribution < -0.4 is 10.6 Å². The minimum atomic E-state index is -0.879. The van der Waals surface area contributed by atoms with Gasteiger partial charge in [-0.2, -0.15) is 0 Å². The van der Waals surface area contributed by atoms with E-state index in [1.54, 1.807) is 6.07 Å². The van der Waals surface area contributed by atoms with Crippen LogP contribution in [0.5, 0.6) is 5.75 Å². The van der Waals surface area contributed by atoms with E-state index in [1.807, 2.05) is 20.8 Å². The maximum Gasteiger partial charge on any atom is 0.320 e. The van der Waals surface area contributed by atoms with Crippen LogP contribution in [0.15, 0.2) is 12.1 Å². The molecule has 2 atom stereocenters. The van der Waals surface area contributed by atoms with E-state index in [4.69, 9.17) is 0 Å². The number of aromatic hydroxyl groups is 1. The molecule has 0 aromatic heterocycles. The van der Waals surface area contributed by atoms with Gasteiger partial charge in [0.2, 0.25) is 0 Å². The van der Waals surface area contributed by atoms with Crippen LogP contribution in [0, 0.1) is 17.7 Å². The smallest absolute Gasteiger partial charge is 0.320 e. The molecular formula is C21H31FN2O4. The van der Waals surface area contributed by atoms with E-state index in [1.165, 1.54) is 6.07 Å². The van der Waals surface area contributed by atoms with Gasteiger partial charge < -0.3 is 20.8 Å². The third kappa shape index (κ3) is 5.52. The Hall–Kier alpha value is -1.99. The number of phenolic OH excluding ortho intramolecular Hbond substituents is 1. The third-order valence-corrected chi connectivity index (χ3v) is 5.80. The number of carbonyl (C=O) groups is 2. The van der Waals surface area contributed by atoms with Gasteiger partial charge >= 0.3 is 5.97 Å². The average Bonchev–Trinajstić information content (AvgIpc) is 2.66. The summed E-state index contributed by atoms with van der Waals surface area (Å²) >= 11 is 0. The second-order valence-electron chi connectivity index (χ2n) is 8.10.